The minimum Gasteiger partial charge on any atom is -0.508 e. The van der Waals surface area contributed by atoms with Gasteiger partial charge in [-0.05, 0) is 50.9 Å². The van der Waals surface area contributed by atoms with Crippen LogP contribution in [0.2, 0.25) is 0 Å². The van der Waals surface area contributed by atoms with Crippen LogP contribution in [-0.2, 0) is 20.8 Å². The molecule has 12 nitrogen and oxygen atoms in total. The summed E-state index contributed by atoms with van der Waals surface area (Å²) in [5, 5.41) is 58.3. The van der Waals surface area contributed by atoms with Crippen LogP contribution in [0.15, 0.2) is 23.0 Å². The van der Waals surface area contributed by atoms with Crippen LogP contribution in [0.5, 0.6) is 5.75 Å². The summed E-state index contributed by atoms with van der Waals surface area (Å²) in [5.74, 6) is -6.96. The lowest BCUT2D eigenvalue weighted by Gasteiger charge is -2.50. The number of carbonyl (C=O) groups is 3. The number of nitrogens with one attached hydrogen (secondary N) is 1. The van der Waals surface area contributed by atoms with Crippen molar-refractivity contribution in [3.05, 3.63) is 34.1 Å². The van der Waals surface area contributed by atoms with E-state index in [1.165, 1.54) is 4.90 Å². The molecule has 0 saturated heterocycles. The molecule has 0 spiro atoms. The van der Waals surface area contributed by atoms with Crippen LogP contribution in [0.4, 0.5) is 11.4 Å². The van der Waals surface area contributed by atoms with Crippen molar-refractivity contribution in [2.75, 3.05) is 45.0 Å². The number of Topliss-reactive ketones (excluding diaryl/α,β-unsaturated/α-hetero) is 2. The number of aliphatic hydroxyl groups is 4. The van der Waals surface area contributed by atoms with Gasteiger partial charge in [0.15, 0.2) is 11.4 Å². The molecule has 1 aromatic carbocycles. The number of ketones is 2. The second kappa shape index (κ2) is 9.85. The fourth-order valence-corrected chi connectivity index (χ4v) is 6.20. The van der Waals surface area contributed by atoms with E-state index in [2.05, 4.69) is 5.32 Å². The molecule has 4 rings (SSSR count). The third-order valence-electron chi connectivity index (χ3n) is 8.18. The first-order valence-electron chi connectivity index (χ1n) is 12.8. The quantitative estimate of drug-likeness (QED) is 0.183. The van der Waals surface area contributed by atoms with Crippen molar-refractivity contribution in [1.29, 1.82) is 0 Å². The summed E-state index contributed by atoms with van der Waals surface area (Å²) in [6, 6.07) is 0.553. The molecule has 1 aromatic rings. The summed E-state index contributed by atoms with van der Waals surface area (Å²) in [4.78, 5) is 42.5. The molecule has 8 N–H and O–H groups in total. The molecular formula is C27H36N4O8. The normalized spacial score (nSPS) is 27.2. The average Bonchev–Trinajstić information content (AvgIpc) is 2.84. The molecule has 0 aromatic heterocycles. The van der Waals surface area contributed by atoms with Crippen LogP contribution >= 0.6 is 0 Å². The van der Waals surface area contributed by atoms with Gasteiger partial charge in [-0.25, -0.2) is 0 Å². The molecule has 12 heteroatoms. The number of phenols is 1. The van der Waals surface area contributed by atoms with Crippen LogP contribution in [0.1, 0.15) is 30.9 Å². The number of hydrogen-bond donors (Lipinski definition) is 7. The van der Waals surface area contributed by atoms with Gasteiger partial charge < -0.3 is 41.5 Å². The zero-order chi connectivity index (χ0) is 29.1. The highest BCUT2D eigenvalue weighted by atomic mass is 16.3. The van der Waals surface area contributed by atoms with E-state index in [4.69, 9.17) is 5.73 Å². The van der Waals surface area contributed by atoms with Gasteiger partial charge in [0, 0.05) is 37.8 Å². The van der Waals surface area contributed by atoms with Crippen molar-refractivity contribution in [1.82, 2.24) is 4.90 Å². The molecule has 3 aliphatic carbocycles. The van der Waals surface area contributed by atoms with Gasteiger partial charge in [-0.15, -0.1) is 0 Å². The van der Waals surface area contributed by atoms with Crippen molar-refractivity contribution >= 4 is 34.6 Å². The smallest absolute Gasteiger partial charge is 0.255 e. The van der Waals surface area contributed by atoms with E-state index in [9.17, 15) is 39.9 Å². The lowest BCUT2D eigenvalue weighted by atomic mass is 9.57. The SMILES string of the molecule is CCC(O)CNc1cc(N(C)C)c2c(c1O)C(O)=C1C(=O)[C@]3(O)C(O)=C(C(N)=O)C(=O)C(N(C)C)[C@@H]3C[C@@H]1C2. The predicted molar refractivity (Wildman–Crippen MR) is 143 cm³/mol. The highest BCUT2D eigenvalue weighted by Gasteiger charge is 2.64. The Kier molecular flexibility index (Phi) is 7.17. The third-order valence-corrected chi connectivity index (χ3v) is 8.18. The third kappa shape index (κ3) is 4.14. The van der Waals surface area contributed by atoms with Gasteiger partial charge >= 0.3 is 0 Å². The first-order valence-corrected chi connectivity index (χ1v) is 12.8. The van der Waals surface area contributed by atoms with Gasteiger partial charge in [0.2, 0.25) is 5.78 Å². The Bertz CT molecular complexity index is 1320. The number of fused-ring (bicyclic) bond motifs is 3. The minimum absolute atomic E-state index is 0.00835. The molecule has 5 atom stereocenters. The highest BCUT2D eigenvalue weighted by Crippen LogP contribution is 2.54. The van der Waals surface area contributed by atoms with E-state index in [1.54, 1.807) is 46.1 Å². The molecule has 212 valence electrons. The molecule has 1 fully saturated rings. The van der Waals surface area contributed by atoms with Crippen molar-refractivity contribution in [3.63, 3.8) is 0 Å². The Labute approximate surface area is 226 Å². The number of amides is 1. The van der Waals surface area contributed by atoms with Gasteiger partial charge in [-0.3, -0.25) is 19.3 Å². The maximum Gasteiger partial charge on any atom is 0.255 e. The number of carbonyl (C=O) groups excluding carboxylic acids is 3. The number of hydrogen-bond acceptors (Lipinski definition) is 11. The molecule has 3 aliphatic rings. The number of primary amides is 1. The molecule has 0 aliphatic heterocycles. The Hall–Kier alpha value is -3.61. The number of rotatable bonds is 7. The first-order chi connectivity index (χ1) is 18.2. The van der Waals surface area contributed by atoms with E-state index < -0.39 is 64.1 Å². The molecule has 0 bridgehead atoms. The van der Waals surface area contributed by atoms with Gasteiger partial charge in [0.25, 0.3) is 5.91 Å². The topological polar surface area (TPSA) is 197 Å². The number of nitrogens with zero attached hydrogens (tertiary/aromatic N) is 2. The summed E-state index contributed by atoms with van der Waals surface area (Å²) in [6.07, 6.45) is -0.000574. The first kappa shape index (κ1) is 28.4. The van der Waals surface area contributed by atoms with Crippen molar-refractivity contribution in [3.8, 4) is 5.75 Å². The molecule has 0 heterocycles. The van der Waals surface area contributed by atoms with E-state index in [1.807, 2.05) is 0 Å². The number of anilines is 2. The van der Waals surface area contributed by atoms with Crippen LogP contribution in [-0.4, -0.2) is 100 Å². The number of benzene rings is 1. The van der Waals surface area contributed by atoms with Crippen molar-refractivity contribution < 1.29 is 39.9 Å². The highest BCUT2D eigenvalue weighted by molar-refractivity contribution is 6.24. The molecule has 0 radical (unpaired) electrons. The standard InChI is InChI=1S/C27H36N4O8/c1-6-12(32)10-29-15-9-16(30(2)3)13-7-11-8-14-20(31(4)5)23(35)19(26(28)38)25(37)27(14,39)24(36)17(11)22(34)18(13)21(15)33/h9,11-12,14,20,29,32-34,37,39H,6-8,10H2,1-5H3,(H2,28,38)/t11-,12?,14-,20?,27-/m0/s1. The minimum atomic E-state index is -2.69. The summed E-state index contributed by atoms with van der Waals surface area (Å²) >= 11 is 0. The van der Waals surface area contributed by atoms with Crippen LogP contribution in [0.3, 0.4) is 0 Å². The number of aliphatic hydroxyl groups excluding tert-OH is 3. The number of nitrogens with two attached hydrogens (primary N) is 1. The van der Waals surface area contributed by atoms with E-state index in [0.717, 1.165) is 0 Å². The molecule has 1 saturated carbocycles. The Balaban J connectivity index is 1.94. The Morgan fingerprint density at radius 2 is 1.85 bits per heavy atom. The fourth-order valence-electron chi connectivity index (χ4n) is 6.20. The molecule has 2 unspecified atom stereocenters. The molecule has 1 amide bonds. The zero-order valence-electron chi connectivity index (χ0n) is 22.6. The van der Waals surface area contributed by atoms with E-state index >= 15 is 0 Å². The maximum absolute atomic E-state index is 14.0. The Morgan fingerprint density at radius 3 is 2.38 bits per heavy atom. The second-order valence-electron chi connectivity index (χ2n) is 10.9. The summed E-state index contributed by atoms with van der Waals surface area (Å²) in [7, 11) is 6.68. The summed E-state index contributed by atoms with van der Waals surface area (Å²) in [5.41, 5.74) is 3.03. The number of likely N-dealkylation sites (N-methyl/N-ethyl adjacent to an activating group) is 1. The van der Waals surface area contributed by atoms with Crippen LogP contribution in [0, 0.1) is 11.8 Å². The molecule has 39 heavy (non-hydrogen) atoms. The van der Waals surface area contributed by atoms with Crippen molar-refractivity contribution in [2.24, 2.45) is 17.6 Å². The second-order valence-corrected chi connectivity index (χ2v) is 10.9. The summed E-state index contributed by atoms with van der Waals surface area (Å²) in [6.45, 7) is 1.94. The van der Waals surface area contributed by atoms with Crippen LogP contribution in [0.25, 0.3) is 5.76 Å². The van der Waals surface area contributed by atoms with Gasteiger partial charge in [-0.1, -0.05) is 6.92 Å². The van der Waals surface area contributed by atoms with E-state index in [0.29, 0.717) is 17.7 Å². The Morgan fingerprint density at radius 1 is 1.21 bits per heavy atom. The average molecular weight is 545 g/mol. The maximum atomic E-state index is 14.0. The summed E-state index contributed by atoms with van der Waals surface area (Å²) < 4.78 is 0. The zero-order valence-corrected chi connectivity index (χ0v) is 22.6. The number of phenolic OH excluding ortho intramolecular Hbond substituents is 1. The molecular weight excluding hydrogens is 508 g/mol. The van der Waals surface area contributed by atoms with Crippen LogP contribution < -0.4 is 16.0 Å². The lowest BCUT2D eigenvalue weighted by Crippen LogP contribution is -2.65. The monoisotopic (exact) mass is 544 g/mol. The van der Waals surface area contributed by atoms with Gasteiger partial charge in [-0.2, -0.15) is 0 Å². The fraction of sp³-hybridized carbons (Fsp3) is 0.519. The largest absolute Gasteiger partial charge is 0.508 e. The van der Waals surface area contributed by atoms with Crippen molar-refractivity contribution in [2.45, 2.75) is 43.9 Å². The van der Waals surface area contributed by atoms with Gasteiger partial charge in [0.1, 0.15) is 22.8 Å². The van der Waals surface area contributed by atoms with E-state index in [-0.39, 0.29) is 42.0 Å². The number of aromatic hydroxyl groups is 1. The predicted octanol–water partition coefficient (Wildman–Crippen LogP) is 0.213. The van der Waals surface area contributed by atoms with Gasteiger partial charge in [0.05, 0.1) is 23.4 Å². The lowest BCUT2D eigenvalue weighted by molar-refractivity contribution is -0.153.